The number of aromatic nitrogens is 1. The minimum Gasteiger partial charge on any atom is -0.495 e. The number of imide groups is 2. The number of fused-ring (bicyclic) bond motifs is 1. The van der Waals surface area contributed by atoms with Crippen LogP contribution in [0.3, 0.4) is 0 Å². The molecular formula is C42H40F4N8O6. The Hall–Kier alpha value is -6.56. The molecule has 18 heteroatoms. The van der Waals surface area contributed by atoms with Crippen LogP contribution in [0.25, 0.3) is 0 Å². The van der Waals surface area contributed by atoms with Crippen molar-refractivity contribution in [2.45, 2.75) is 44.4 Å². The number of para-hydroxylation sites is 1. The number of benzene rings is 3. The number of carbonyl (C=O) groups is 5. The highest BCUT2D eigenvalue weighted by atomic mass is 19.4. The van der Waals surface area contributed by atoms with Crippen molar-refractivity contribution in [3.63, 3.8) is 0 Å². The first-order valence-electron chi connectivity index (χ1n) is 19.3. The molecule has 5 amide bonds. The van der Waals surface area contributed by atoms with Gasteiger partial charge in [-0.1, -0.05) is 12.1 Å². The van der Waals surface area contributed by atoms with E-state index in [1.54, 1.807) is 36.4 Å². The van der Waals surface area contributed by atoms with Crippen LogP contribution in [0.5, 0.6) is 5.75 Å². The van der Waals surface area contributed by atoms with Crippen molar-refractivity contribution in [3.8, 4) is 5.75 Å². The number of methoxy groups -OCH3 is 1. The molecular weight excluding hydrogens is 789 g/mol. The van der Waals surface area contributed by atoms with Crippen molar-refractivity contribution in [2.24, 2.45) is 5.41 Å². The van der Waals surface area contributed by atoms with Crippen LogP contribution in [0.15, 0.2) is 66.9 Å². The van der Waals surface area contributed by atoms with Crippen LogP contribution in [0, 0.1) is 11.2 Å². The summed E-state index contributed by atoms with van der Waals surface area (Å²) in [6, 6.07) is 14.1. The molecule has 0 aliphatic carbocycles. The first kappa shape index (κ1) is 40.2. The maximum Gasteiger partial charge on any atom is 0.419 e. The fourth-order valence-corrected chi connectivity index (χ4v) is 8.51. The van der Waals surface area contributed by atoms with Gasteiger partial charge in [-0.15, -0.1) is 0 Å². The summed E-state index contributed by atoms with van der Waals surface area (Å²) < 4.78 is 63.4. The van der Waals surface area contributed by atoms with Crippen molar-refractivity contribution >= 4 is 58.1 Å². The van der Waals surface area contributed by atoms with Crippen LogP contribution in [-0.2, 0) is 22.3 Å². The molecule has 1 spiro atoms. The Morgan fingerprint density at radius 2 is 1.67 bits per heavy atom. The molecule has 1 unspecified atom stereocenters. The molecule has 1 atom stereocenters. The number of alkyl halides is 3. The molecule has 3 aromatic carbocycles. The minimum absolute atomic E-state index is 0.0183. The summed E-state index contributed by atoms with van der Waals surface area (Å²) in [4.78, 5) is 72.1. The number of carbonyl (C=O) groups excluding carboxylic acids is 5. The van der Waals surface area contributed by atoms with E-state index in [1.165, 1.54) is 32.4 Å². The van der Waals surface area contributed by atoms with Gasteiger partial charge >= 0.3 is 6.18 Å². The average Bonchev–Trinajstić information content (AvgIpc) is 3.45. The lowest BCUT2D eigenvalue weighted by Crippen LogP contribution is -2.59. The van der Waals surface area contributed by atoms with E-state index in [-0.39, 0.29) is 63.6 Å². The number of pyridine rings is 1. The molecule has 0 bridgehead atoms. The number of anilines is 5. The smallest absolute Gasteiger partial charge is 0.419 e. The number of halogens is 4. The third-order valence-electron chi connectivity index (χ3n) is 11.6. The predicted octanol–water partition coefficient (Wildman–Crippen LogP) is 5.60. The van der Waals surface area contributed by atoms with Crippen LogP contribution in [0.4, 0.5) is 46.1 Å². The second-order valence-corrected chi connectivity index (χ2v) is 15.4. The molecule has 4 aromatic rings. The lowest BCUT2D eigenvalue weighted by molar-refractivity contribution is -0.137. The maximum atomic E-state index is 15.7. The topological polar surface area (TPSA) is 165 Å². The number of nitrogens with one attached hydrogen (secondary N) is 4. The van der Waals surface area contributed by atoms with Crippen LogP contribution < -0.4 is 30.9 Å². The van der Waals surface area contributed by atoms with Crippen LogP contribution in [0.1, 0.15) is 67.9 Å². The van der Waals surface area contributed by atoms with E-state index in [2.05, 4.69) is 36.1 Å². The molecule has 5 heterocycles. The third-order valence-corrected chi connectivity index (χ3v) is 11.6. The van der Waals surface area contributed by atoms with E-state index < -0.39 is 53.1 Å². The largest absolute Gasteiger partial charge is 0.495 e. The molecule has 4 aliphatic heterocycles. The highest BCUT2D eigenvalue weighted by molar-refractivity contribution is 6.23. The molecule has 0 radical (unpaired) electrons. The van der Waals surface area contributed by atoms with Crippen LogP contribution in [-0.4, -0.2) is 90.7 Å². The monoisotopic (exact) mass is 828 g/mol. The first-order valence-corrected chi connectivity index (χ1v) is 19.3. The number of ether oxygens (including phenoxy) is 1. The highest BCUT2D eigenvalue weighted by Crippen LogP contribution is 2.44. The van der Waals surface area contributed by atoms with Crippen LogP contribution in [0.2, 0.25) is 0 Å². The number of hydrogen-bond acceptors (Lipinski definition) is 11. The quantitative estimate of drug-likeness (QED) is 0.116. The number of piperidine rings is 2. The first-order chi connectivity index (χ1) is 28.7. The zero-order valence-corrected chi connectivity index (χ0v) is 32.5. The van der Waals surface area contributed by atoms with Crippen molar-refractivity contribution in [2.75, 3.05) is 55.9 Å². The van der Waals surface area contributed by atoms with E-state index in [0.29, 0.717) is 31.4 Å². The second kappa shape index (κ2) is 15.6. The van der Waals surface area contributed by atoms with Gasteiger partial charge in [0, 0.05) is 75.8 Å². The Bertz CT molecular complexity index is 2430. The lowest BCUT2D eigenvalue weighted by Gasteiger charge is -2.54. The Labute approximate surface area is 341 Å². The van der Waals surface area contributed by atoms with Gasteiger partial charge in [0.05, 0.1) is 46.4 Å². The van der Waals surface area contributed by atoms with Gasteiger partial charge in [-0.3, -0.25) is 39.1 Å². The van der Waals surface area contributed by atoms with Crippen LogP contribution >= 0.6 is 0 Å². The second-order valence-electron chi connectivity index (χ2n) is 15.4. The lowest BCUT2D eigenvalue weighted by atomic mass is 9.71. The summed E-state index contributed by atoms with van der Waals surface area (Å²) in [5, 5.41) is 10.3. The molecule has 8 rings (SSSR count). The Morgan fingerprint density at radius 1 is 0.933 bits per heavy atom. The van der Waals surface area contributed by atoms with Gasteiger partial charge in [0.2, 0.25) is 11.8 Å². The Kier molecular flexibility index (Phi) is 10.4. The van der Waals surface area contributed by atoms with Gasteiger partial charge in [0.15, 0.2) is 0 Å². The van der Waals surface area contributed by atoms with Gasteiger partial charge in [0.25, 0.3) is 17.7 Å². The van der Waals surface area contributed by atoms with E-state index in [4.69, 9.17) is 4.74 Å². The number of rotatable bonds is 10. The van der Waals surface area contributed by atoms with Gasteiger partial charge in [-0.2, -0.15) is 13.2 Å². The van der Waals surface area contributed by atoms with Gasteiger partial charge in [-0.05, 0) is 61.1 Å². The fourth-order valence-electron chi connectivity index (χ4n) is 8.51. The van der Waals surface area contributed by atoms with E-state index in [9.17, 15) is 37.1 Å². The minimum atomic E-state index is -4.77. The van der Waals surface area contributed by atoms with E-state index >= 15 is 4.39 Å². The van der Waals surface area contributed by atoms with Crippen molar-refractivity contribution in [1.82, 2.24) is 25.4 Å². The van der Waals surface area contributed by atoms with Crippen molar-refractivity contribution in [1.29, 1.82) is 0 Å². The standard InChI is InChI=1S/C42H40F4N8O6/c1-47-37(56)26-5-3-4-6-30(26)49-31-18-35(48-19-28(31)42(44,45)46)50-32-17-29(43)23(15-34(32)60-2)20-52-21-41(22-52)11-13-53(14-12-41)24-7-8-25-27(16-24)40(59)54(39(25)58)33-9-10-36(55)51-38(33)57/h3-8,15-19,33H,9-14,20-22H2,1-2H3,(H,47,56)(H2,48,49,50)(H,51,55,57). The molecule has 1 aromatic heterocycles. The zero-order valence-electron chi connectivity index (χ0n) is 32.5. The highest BCUT2D eigenvalue weighted by Gasteiger charge is 2.47. The van der Waals surface area contributed by atoms with E-state index in [1.807, 2.05) is 0 Å². The van der Waals surface area contributed by atoms with Crippen molar-refractivity contribution < 1.29 is 46.3 Å². The van der Waals surface area contributed by atoms with Gasteiger partial charge in [0.1, 0.15) is 23.4 Å². The molecule has 60 heavy (non-hydrogen) atoms. The van der Waals surface area contributed by atoms with Gasteiger partial charge in [-0.25, -0.2) is 9.37 Å². The molecule has 3 fully saturated rings. The van der Waals surface area contributed by atoms with E-state index in [0.717, 1.165) is 42.6 Å². The number of nitrogens with zero attached hydrogens (tertiary/aromatic N) is 4. The molecule has 4 N–H and O–H groups in total. The normalized spacial score (nSPS) is 18.9. The number of hydrogen-bond donors (Lipinski definition) is 4. The third kappa shape index (κ3) is 7.58. The SMILES string of the molecule is CNC(=O)c1ccccc1Nc1cc(Nc2cc(F)c(CN3CC4(CCN(c5ccc6c(c5)C(=O)N(C5CCC(=O)NC5=O)C6=O)CC4)C3)cc2OC)ncc1C(F)(F)F. The Morgan fingerprint density at radius 3 is 2.37 bits per heavy atom. The summed E-state index contributed by atoms with van der Waals surface area (Å²) in [7, 11) is 2.82. The molecule has 3 saturated heterocycles. The average molecular weight is 829 g/mol. The number of likely N-dealkylation sites (tertiary alicyclic amines) is 1. The summed E-state index contributed by atoms with van der Waals surface area (Å²) in [5.41, 5.74) is 0.628. The van der Waals surface area contributed by atoms with Gasteiger partial charge < -0.3 is 25.6 Å². The summed E-state index contributed by atoms with van der Waals surface area (Å²) in [5.74, 6) is -3.01. The van der Waals surface area contributed by atoms with Crippen molar-refractivity contribution in [3.05, 3.63) is 100 Å². The number of amides is 5. The molecule has 4 aliphatic rings. The zero-order chi connectivity index (χ0) is 42.5. The fraction of sp³-hybridized carbons (Fsp3) is 0.333. The molecule has 14 nitrogen and oxygen atoms in total. The summed E-state index contributed by atoms with van der Waals surface area (Å²) in [6.45, 7) is 3.16. The maximum absolute atomic E-state index is 15.7. The molecule has 312 valence electrons. The summed E-state index contributed by atoms with van der Waals surface area (Å²) in [6.07, 6.45) is -2.30. The Balaban J connectivity index is 0.900. The molecule has 0 saturated carbocycles. The predicted molar refractivity (Wildman–Crippen MR) is 211 cm³/mol. The summed E-state index contributed by atoms with van der Waals surface area (Å²) >= 11 is 0.